The third-order valence-electron chi connectivity index (χ3n) is 4.54. The Bertz CT molecular complexity index is 784. The van der Waals surface area contributed by atoms with Crippen molar-refractivity contribution in [3.8, 4) is 5.75 Å². The summed E-state index contributed by atoms with van der Waals surface area (Å²) in [7, 11) is 0. The minimum Gasteiger partial charge on any atom is -0.494 e. The lowest BCUT2D eigenvalue weighted by Crippen LogP contribution is -2.50. The van der Waals surface area contributed by atoms with Gasteiger partial charge in [0, 0.05) is 37.6 Å². The number of nitrogens with zero attached hydrogens (tertiary/aromatic N) is 2. The summed E-state index contributed by atoms with van der Waals surface area (Å²) in [6, 6.07) is 11.9. The molecule has 2 amide bonds. The molecule has 150 valence electrons. The zero-order chi connectivity index (χ0) is 20.1. The number of carbonyl (C=O) groups excluding carboxylic acids is 1. The number of piperazine rings is 1. The average Bonchev–Trinajstić information content (AvgIpc) is 2.69. The highest BCUT2D eigenvalue weighted by Gasteiger charge is 2.30. The molecule has 2 aromatic carbocycles. The number of hydrogen-bond donors (Lipinski definition) is 1. The van der Waals surface area contributed by atoms with E-state index in [2.05, 4.69) is 10.2 Å². The van der Waals surface area contributed by atoms with Gasteiger partial charge in [-0.05, 0) is 55.5 Å². The molecule has 1 heterocycles. The Labute approximate surface area is 161 Å². The van der Waals surface area contributed by atoms with E-state index >= 15 is 0 Å². The van der Waals surface area contributed by atoms with Crippen molar-refractivity contribution in [1.82, 2.24) is 4.90 Å². The number of hydrogen-bond acceptors (Lipinski definition) is 3. The number of halogens is 3. The first-order valence-electron chi connectivity index (χ1n) is 9.08. The van der Waals surface area contributed by atoms with Crippen LogP contribution in [0.2, 0.25) is 0 Å². The normalized spacial score (nSPS) is 14.7. The van der Waals surface area contributed by atoms with Gasteiger partial charge in [-0.25, -0.2) is 4.79 Å². The summed E-state index contributed by atoms with van der Waals surface area (Å²) in [5.41, 5.74) is 0.660. The highest BCUT2D eigenvalue weighted by Crippen LogP contribution is 2.30. The topological polar surface area (TPSA) is 44.8 Å². The average molecular weight is 393 g/mol. The summed E-state index contributed by atoms with van der Waals surface area (Å²) >= 11 is 0. The summed E-state index contributed by atoms with van der Waals surface area (Å²) in [6.45, 7) is 4.96. The van der Waals surface area contributed by atoms with Gasteiger partial charge in [-0.2, -0.15) is 13.2 Å². The summed E-state index contributed by atoms with van der Waals surface area (Å²) in [5.74, 6) is 0.820. The second kappa shape index (κ2) is 8.41. The van der Waals surface area contributed by atoms with Gasteiger partial charge >= 0.3 is 12.2 Å². The SMILES string of the molecule is CCOc1ccc(N2CCN(C(=O)Nc3ccc(C(F)(F)F)cc3)CC2)cc1. The first-order chi connectivity index (χ1) is 13.4. The predicted octanol–water partition coefficient (Wildman–Crippen LogP) is 4.46. The van der Waals surface area contributed by atoms with E-state index in [1.807, 2.05) is 31.2 Å². The molecule has 8 heteroatoms. The summed E-state index contributed by atoms with van der Waals surface area (Å²) in [6.07, 6.45) is -4.39. The molecule has 1 N–H and O–H groups in total. The first-order valence-corrected chi connectivity index (χ1v) is 9.08. The van der Waals surface area contributed by atoms with Crippen LogP contribution < -0.4 is 15.0 Å². The molecule has 1 aliphatic rings. The fourth-order valence-electron chi connectivity index (χ4n) is 3.03. The van der Waals surface area contributed by atoms with Gasteiger partial charge in [0.05, 0.1) is 12.2 Å². The number of alkyl halides is 3. The molecule has 0 bridgehead atoms. The maximum Gasteiger partial charge on any atom is 0.416 e. The molecule has 1 fully saturated rings. The maximum absolute atomic E-state index is 12.6. The Morgan fingerprint density at radius 1 is 1.00 bits per heavy atom. The Balaban J connectivity index is 1.52. The van der Waals surface area contributed by atoms with Crippen LogP contribution in [0.1, 0.15) is 12.5 Å². The molecule has 1 saturated heterocycles. The van der Waals surface area contributed by atoms with E-state index in [9.17, 15) is 18.0 Å². The van der Waals surface area contributed by atoms with Gasteiger partial charge in [0.1, 0.15) is 5.75 Å². The molecule has 3 rings (SSSR count). The zero-order valence-corrected chi connectivity index (χ0v) is 15.5. The molecular formula is C20H22F3N3O2. The zero-order valence-electron chi connectivity index (χ0n) is 15.5. The van der Waals surface area contributed by atoms with Crippen LogP contribution in [-0.4, -0.2) is 43.7 Å². The van der Waals surface area contributed by atoms with Gasteiger partial charge in [-0.15, -0.1) is 0 Å². The number of benzene rings is 2. The summed E-state index contributed by atoms with van der Waals surface area (Å²) in [5, 5.41) is 2.65. The second-order valence-corrected chi connectivity index (χ2v) is 6.41. The third kappa shape index (κ3) is 4.88. The van der Waals surface area contributed by atoms with Crippen LogP contribution in [0.25, 0.3) is 0 Å². The summed E-state index contributed by atoms with van der Waals surface area (Å²) in [4.78, 5) is 16.2. The Morgan fingerprint density at radius 3 is 2.14 bits per heavy atom. The highest BCUT2D eigenvalue weighted by molar-refractivity contribution is 5.89. The molecule has 1 aliphatic heterocycles. The first kappa shape index (κ1) is 19.9. The molecular weight excluding hydrogens is 371 g/mol. The van der Waals surface area contributed by atoms with Crippen LogP contribution in [0.5, 0.6) is 5.75 Å². The Kier molecular flexibility index (Phi) is 5.96. The quantitative estimate of drug-likeness (QED) is 0.834. The summed E-state index contributed by atoms with van der Waals surface area (Å²) < 4.78 is 43.2. The number of nitrogens with one attached hydrogen (secondary N) is 1. The van der Waals surface area contributed by atoms with Crippen LogP contribution >= 0.6 is 0 Å². The lowest BCUT2D eigenvalue weighted by Gasteiger charge is -2.36. The van der Waals surface area contributed by atoms with Crippen LogP contribution in [-0.2, 0) is 6.18 Å². The number of ether oxygens (including phenoxy) is 1. The Hall–Kier alpha value is -2.90. The molecule has 2 aromatic rings. The van der Waals surface area contributed by atoms with Gasteiger partial charge in [-0.1, -0.05) is 0 Å². The van der Waals surface area contributed by atoms with Gasteiger partial charge in [0.25, 0.3) is 0 Å². The predicted molar refractivity (Wildman–Crippen MR) is 102 cm³/mol. The fraction of sp³-hybridized carbons (Fsp3) is 0.350. The molecule has 0 unspecified atom stereocenters. The van der Waals surface area contributed by atoms with E-state index in [1.54, 1.807) is 4.90 Å². The molecule has 0 saturated carbocycles. The number of urea groups is 1. The largest absolute Gasteiger partial charge is 0.494 e. The number of carbonyl (C=O) groups is 1. The van der Waals surface area contributed by atoms with E-state index in [0.29, 0.717) is 38.5 Å². The van der Waals surface area contributed by atoms with Crippen molar-refractivity contribution >= 4 is 17.4 Å². The standard InChI is InChI=1S/C20H22F3N3O2/c1-2-28-18-9-7-17(8-10-18)25-11-13-26(14-12-25)19(27)24-16-5-3-15(4-6-16)20(21,22)23/h3-10H,2,11-14H2,1H3,(H,24,27). The fourth-order valence-corrected chi connectivity index (χ4v) is 3.03. The van der Waals surface area contributed by atoms with Crippen molar-refractivity contribution in [2.24, 2.45) is 0 Å². The van der Waals surface area contributed by atoms with E-state index < -0.39 is 11.7 Å². The van der Waals surface area contributed by atoms with Gasteiger partial charge < -0.3 is 19.9 Å². The lowest BCUT2D eigenvalue weighted by atomic mass is 10.2. The second-order valence-electron chi connectivity index (χ2n) is 6.41. The molecule has 28 heavy (non-hydrogen) atoms. The van der Waals surface area contributed by atoms with Gasteiger partial charge in [0.15, 0.2) is 0 Å². The minimum absolute atomic E-state index is 0.314. The molecule has 0 radical (unpaired) electrons. The molecule has 5 nitrogen and oxygen atoms in total. The minimum atomic E-state index is -4.39. The number of rotatable bonds is 4. The molecule has 0 spiro atoms. The van der Waals surface area contributed by atoms with E-state index in [1.165, 1.54) is 12.1 Å². The monoisotopic (exact) mass is 393 g/mol. The molecule has 0 atom stereocenters. The van der Waals surface area contributed by atoms with Crippen molar-refractivity contribution in [3.05, 3.63) is 54.1 Å². The van der Waals surface area contributed by atoms with Gasteiger partial charge in [-0.3, -0.25) is 0 Å². The van der Waals surface area contributed by atoms with Crippen LogP contribution in [0.15, 0.2) is 48.5 Å². The smallest absolute Gasteiger partial charge is 0.416 e. The highest BCUT2D eigenvalue weighted by atomic mass is 19.4. The van der Waals surface area contributed by atoms with E-state index in [4.69, 9.17) is 4.74 Å². The van der Waals surface area contributed by atoms with E-state index in [0.717, 1.165) is 23.6 Å². The third-order valence-corrected chi connectivity index (χ3v) is 4.54. The number of anilines is 2. The Morgan fingerprint density at radius 2 is 1.61 bits per heavy atom. The van der Waals surface area contributed by atoms with Gasteiger partial charge in [0.2, 0.25) is 0 Å². The van der Waals surface area contributed by atoms with Crippen LogP contribution in [0.3, 0.4) is 0 Å². The van der Waals surface area contributed by atoms with Crippen molar-refractivity contribution in [3.63, 3.8) is 0 Å². The van der Waals surface area contributed by atoms with Crippen molar-refractivity contribution in [2.75, 3.05) is 43.0 Å². The van der Waals surface area contributed by atoms with Crippen molar-refractivity contribution < 1.29 is 22.7 Å². The maximum atomic E-state index is 12.6. The molecule has 0 aliphatic carbocycles. The van der Waals surface area contributed by atoms with Crippen LogP contribution in [0, 0.1) is 0 Å². The van der Waals surface area contributed by atoms with E-state index in [-0.39, 0.29) is 6.03 Å². The van der Waals surface area contributed by atoms with Crippen molar-refractivity contribution in [1.29, 1.82) is 0 Å². The van der Waals surface area contributed by atoms with Crippen LogP contribution in [0.4, 0.5) is 29.3 Å². The number of amides is 2. The van der Waals surface area contributed by atoms with Crippen molar-refractivity contribution in [2.45, 2.75) is 13.1 Å². The lowest BCUT2D eigenvalue weighted by molar-refractivity contribution is -0.137. The molecule has 0 aromatic heterocycles.